The number of sulfonamides is 2. The van der Waals surface area contributed by atoms with Crippen molar-refractivity contribution in [2.45, 2.75) is 89.6 Å². The molecule has 2 heterocycles. The van der Waals surface area contributed by atoms with Gasteiger partial charge in [0.05, 0.1) is 37.3 Å². The van der Waals surface area contributed by atoms with Crippen molar-refractivity contribution in [2.24, 2.45) is 0 Å². The van der Waals surface area contributed by atoms with Crippen LogP contribution in [0.1, 0.15) is 37.8 Å². The van der Waals surface area contributed by atoms with Gasteiger partial charge in [0.1, 0.15) is 0 Å². The maximum atomic E-state index is 13.2. The summed E-state index contributed by atoms with van der Waals surface area (Å²) < 4.78 is 56.0. The Labute approximate surface area is 293 Å². The average molecular weight is 723 g/mol. The summed E-state index contributed by atoms with van der Waals surface area (Å²) in [5.41, 5.74) is 11.8. The Morgan fingerprint density at radius 2 is 0.896 bits per heavy atom. The number of allylic oxidation sites excluding steroid dienone is 2. The van der Waals surface area contributed by atoms with E-state index in [9.17, 15) is 16.8 Å². The van der Waals surface area contributed by atoms with E-state index >= 15 is 0 Å². The van der Waals surface area contributed by atoms with Crippen LogP contribution in [0, 0.1) is 13.8 Å². The minimum Gasteiger partial charge on any atom is -0.266 e. The Balaban J connectivity index is 0.000000260. The van der Waals surface area contributed by atoms with Crippen LogP contribution in [0.3, 0.4) is 0 Å². The first kappa shape index (κ1) is 39.3. The molecule has 0 saturated heterocycles. The highest BCUT2D eigenvalue weighted by molar-refractivity contribution is 7.89. The highest BCUT2D eigenvalue weighted by Crippen LogP contribution is 2.34. The van der Waals surface area contributed by atoms with Crippen LogP contribution in [0.4, 0.5) is 0 Å². The normalized spacial score (nSPS) is 17.8. The van der Waals surface area contributed by atoms with Gasteiger partial charge in [-0.1, -0.05) is 111 Å². The molecular formula is C38H54N2O4S2Si2. The van der Waals surface area contributed by atoms with Gasteiger partial charge in [-0.2, -0.15) is 0 Å². The van der Waals surface area contributed by atoms with Crippen molar-refractivity contribution in [1.29, 1.82) is 0 Å². The van der Waals surface area contributed by atoms with E-state index in [1.54, 1.807) is 32.9 Å². The fourth-order valence-electron chi connectivity index (χ4n) is 5.45. The van der Waals surface area contributed by atoms with E-state index < -0.39 is 36.2 Å². The Kier molecular flexibility index (Phi) is 12.4. The number of hydrogen-bond donors (Lipinski definition) is 0. The molecule has 0 unspecified atom stereocenters. The Hall–Kier alpha value is -3.19. The largest absolute Gasteiger partial charge is 0.266 e. The van der Waals surface area contributed by atoms with Crippen molar-refractivity contribution < 1.29 is 16.8 Å². The second-order valence-electron chi connectivity index (χ2n) is 14.9. The van der Waals surface area contributed by atoms with Gasteiger partial charge in [-0.15, -0.1) is 0 Å². The molecule has 0 spiro atoms. The third kappa shape index (κ3) is 9.93. The maximum absolute atomic E-state index is 13.2. The predicted molar refractivity (Wildman–Crippen MR) is 208 cm³/mol. The van der Waals surface area contributed by atoms with Gasteiger partial charge in [-0.25, -0.2) is 16.8 Å². The Bertz CT molecular complexity index is 1730. The van der Waals surface area contributed by atoms with E-state index in [4.69, 9.17) is 0 Å². The van der Waals surface area contributed by atoms with Crippen LogP contribution in [0.15, 0.2) is 129 Å². The van der Waals surface area contributed by atoms with Gasteiger partial charge in [0, 0.05) is 13.1 Å². The first-order valence-electron chi connectivity index (χ1n) is 16.4. The molecule has 0 aromatic heterocycles. The summed E-state index contributed by atoms with van der Waals surface area (Å²) in [5, 5.41) is 0. The van der Waals surface area contributed by atoms with Gasteiger partial charge in [0.2, 0.25) is 0 Å². The molecule has 2 aromatic carbocycles. The molecule has 10 heteroatoms. The van der Waals surface area contributed by atoms with Gasteiger partial charge < -0.3 is 0 Å². The molecule has 2 aliphatic rings. The molecule has 0 saturated carbocycles. The van der Waals surface area contributed by atoms with Crippen molar-refractivity contribution in [1.82, 2.24) is 8.61 Å². The number of rotatable bonds is 8. The molecule has 0 aliphatic carbocycles. The third-order valence-electron chi connectivity index (χ3n) is 7.73. The van der Waals surface area contributed by atoms with Gasteiger partial charge in [-0.3, -0.25) is 8.61 Å². The molecule has 260 valence electrons. The molecule has 2 aromatic rings. The standard InChI is InChI=1S/2C19H27NO2SSi/c2*1-15(2)18-8-7-13-20(19(18)14-24(4,5)6)23(21,22)17-11-9-16(3)10-12-17/h2*8-12,14H,1,7,13H2,2-6H3/b2*19-14-. The van der Waals surface area contributed by atoms with Gasteiger partial charge in [0.15, 0.2) is 0 Å². The Morgan fingerprint density at radius 3 is 1.15 bits per heavy atom. The lowest BCUT2D eigenvalue weighted by Gasteiger charge is -2.33. The average Bonchev–Trinajstić information content (AvgIpc) is 2.96. The topological polar surface area (TPSA) is 74.8 Å². The predicted octanol–water partition coefficient (Wildman–Crippen LogP) is 9.31. The zero-order valence-corrected chi connectivity index (χ0v) is 34.1. The SMILES string of the molecule is C=C(C)C1=CCCN(S(=O)(=O)c2ccc(C)cc2)/C1=C\[Si](C)(C)C.C=C(C)C1=CCCN(S(=O)(=O)c2ccc(C)cc2)/C1=C\[Si](C)(C)C. The molecule has 0 bridgehead atoms. The third-order valence-corrected chi connectivity index (χ3v) is 13.7. The van der Waals surface area contributed by atoms with Crippen LogP contribution < -0.4 is 0 Å². The molecular weight excluding hydrogens is 669 g/mol. The van der Waals surface area contributed by atoms with E-state index in [-0.39, 0.29) is 0 Å². The zero-order valence-electron chi connectivity index (χ0n) is 30.5. The van der Waals surface area contributed by atoms with Gasteiger partial charge >= 0.3 is 0 Å². The van der Waals surface area contributed by atoms with Crippen LogP contribution in [-0.2, 0) is 20.0 Å². The lowest BCUT2D eigenvalue weighted by molar-refractivity contribution is 0.475. The quantitative estimate of drug-likeness (QED) is 0.255. The van der Waals surface area contributed by atoms with E-state index in [1.807, 2.05) is 52.0 Å². The van der Waals surface area contributed by atoms with Gasteiger partial charge in [0.25, 0.3) is 20.0 Å². The summed E-state index contributed by atoms with van der Waals surface area (Å²) in [6.45, 7) is 30.1. The second kappa shape index (κ2) is 15.1. The lowest BCUT2D eigenvalue weighted by atomic mass is 10.0. The number of hydrogen-bond acceptors (Lipinski definition) is 4. The molecule has 0 N–H and O–H groups in total. The van der Waals surface area contributed by atoms with Crippen LogP contribution >= 0.6 is 0 Å². The van der Waals surface area contributed by atoms with E-state index in [1.165, 1.54) is 0 Å². The van der Waals surface area contributed by atoms with Crippen LogP contribution in [0.2, 0.25) is 39.3 Å². The highest BCUT2D eigenvalue weighted by atomic mass is 32.2. The summed E-state index contributed by atoms with van der Waals surface area (Å²) in [6, 6.07) is 14.1. The molecule has 0 fully saturated rings. The number of aryl methyl sites for hydroxylation is 2. The maximum Gasteiger partial charge on any atom is 0.264 e. The molecule has 0 atom stereocenters. The van der Waals surface area contributed by atoms with Crippen LogP contribution in [-0.4, -0.2) is 54.7 Å². The molecule has 6 nitrogen and oxygen atoms in total. The lowest BCUT2D eigenvalue weighted by Crippen LogP contribution is -2.36. The van der Waals surface area contributed by atoms with Crippen LogP contribution in [0.25, 0.3) is 0 Å². The monoisotopic (exact) mass is 722 g/mol. The molecule has 0 radical (unpaired) electrons. The fraction of sp³-hybridized carbons (Fsp3) is 0.368. The first-order chi connectivity index (χ1) is 22.0. The summed E-state index contributed by atoms with van der Waals surface area (Å²) >= 11 is 0. The van der Waals surface area contributed by atoms with Crippen molar-refractivity contribution in [3.8, 4) is 0 Å². The summed E-state index contributed by atoms with van der Waals surface area (Å²) in [6.07, 6.45) is 5.62. The summed E-state index contributed by atoms with van der Waals surface area (Å²) in [4.78, 5) is 0.690. The molecule has 4 rings (SSSR count). The van der Waals surface area contributed by atoms with Crippen molar-refractivity contribution in [3.05, 3.63) is 130 Å². The van der Waals surface area contributed by atoms with Crippen molar-refractivity contribution in [3.63, 3.8) is 0 Å². The molecule has 48 heavy (non-hydrogen) atoms. The minimum absolute atomic E-state index is 0.345. The second-order valence-corrected chi connectivity index (χ2v) is 28.7. The van der Waals surface area contributed by atoms with E-state index in [0.29, 0.717) is 35.7 Å². The summed E-state index contributed by atoms with van der Waals surface area (Å²) in [7, 11) is -10.3. The zero-order chi connectivity index (χ0) is 36.2. The van der Waals surface area contributed by atoms with Gasteiger partial charge in [-0.05, 0) is 87.1 Å². The fourth-order valence-corrected chi connectivity index (χ4v) is 10.9. The van der Waals surface area contributed by atoms with Crippen molar-refractivity contribution >= 4 is 36.2 Å². The molecule has 2 aliphatic heterocycles. The van der Waals surface area contributed by atoms with E-state index in [0.717, 1.165) is 44.8 Å². The summed E-state index contributed by atoms with van der Waals surface area (Å²) in [5.74, 6) is 0. The van der Waals surface area contributed by atoms with Crippen LogP contribution in [0.5, 0.6) is 0 Å². The minimum atomic E-state index is -3.56. The highest BCUT2D eigenvalue weighted by Gasteiger charge is 2.33. The first-order valence-corrected chi connectivity index (χ1v) is 26.5. The molecule has 0 amide bonds. The smallest absolute Gasteiger partial charge is 0.264 e. The number of benzene rings is 2. The Morgan fingerprint density at radius 1 is 0.604 bits per heavy atom. The van der Waals surface area contributed by atoms with E-state index in [2.05, 4.69) is 76.0 Å². The van der Waals surface area contributed by atoms with Crippen molar-refractivity contribution in [2.75, 3.05) is 13.1 Å². The number of nitrogens with zero attached hydrogens (tertiary/aromatic N) is 2.